The van der Waals surface area contributed by atoms with Crippen LogP contribution in [0, 0.1) is 5.92 Å². The molecule has 1 atom stereocenters. The van der Waals surface area contributed by atoms with E-state index in [0.29, 0.717) is 0 Å². The van der Waals surface area contributed by atoms with Crippen molar-refractivity contribution in [1.29, 1.82) is 0 Å². The van der Waals surface area contributed by atoms with Crippen LogP contribution in [-0.2, 0) is 4.79 Å². The van der Waals surface area contributed by atoms with Gasteiger partial charge >= 0.3 is 0 Å². The van der Waals surface area contributed by atoms with Gasteiger partial charge in [-0.05, 0) is 50.6 Å². The molecule has 1 amide bonds. The van der Waals surface area contributed by atoms with Gasteiger partial charge in [0.15, 0.2) is 0 Å². The molecular formula is C18H25N3O. The van der Waals surface area contributed by atoms with Gasteiger partial charge in [-0.25, -0.2) is 0 Å². The van der Waals surface area contributed by atoms with E-state index in [1.54, 1.807) is 0 Å². The molecule has 1 fully saturated rings. The normalized spacial score (nSPS) is 22.6. The Hall–Kier alpha value is -1.81. The van der Waals surface area contributed by atoms with Gasteiger partial charge < -0.3 is 15.1 Å². The third-order valence-electron chi connectivity index (χ3n) is 4.64. The molecule has 0 radical (unpaired) electrons. The highest BCUT2D eigenvalue weighted by atomic mass is 16.1. The lowest BCUT2D eigenvalue weighted by molar-refractivity contribution is -0.120. The van der Waals surface area contributed by atoms with Crippen molar-refractivity contribution >= 4 is 17.3 Å². The van der Waals surface area contributed by atoms with Crippen molar-refractivity contribution in [3.63, 3.8) is 0 Å². The second-order valence-corrected chi connectivity index (χ2v) is 6.31. The molecule has 3 rings (SSSR count). The fraction of sp³-hybridized carbons (Fsp3) is 0.500. The van der Waals surface area contributed by atoms with E-state index in [4.69, 9.17) is 0 Å². The molecule has 0 spiro atoms. The fourth-order valence-electron chi connectivity index (χ4n) is 3.10. The molecule has 1 aromatic carbocycles. The summed E-state index contributed by atoms with van der Waals surface area (Å²) in [7, 11) is 2.16. The molecule has 1 N–H and O–H groups in total. The summed E-state index contributed by atoms with van der Waals surface area (Å²) in [6.45, 7) is 4.34. The predicted octanol–water partition coefficient (Wildman–Crippen LogP) is 2.73. The Labute approximate surface area is 132 Å². The molecule has 118 valence electrons. The predicted molar refractivity (Wildman–Crippen MR) is 91.3 cm³/mol. The molecule has 0 bridgehead atoms. The summed E-state index contributed by atoms with van der Waals surface area (Å²) in [5.74, 6) is 0.277. The fourth-order valence-corrected chi connectivity index (χ4v) is 3.10. The van der Waals surface area contributed by atoms with Crippen LogP contribution in [0.1, 0.15) is 19.3 Å². The van der Waals surface area contributed by atoms with Gasteiger partial charge in [0.25, 0.3) is 0 Å². The van der Waals surface area contributed by atoms with Crippen LogP contribution in [0.2, 0.25) is 0 Å². The summed E-state index contributed by atoms with van der Waals surface area (Å²) in [5, 5.41) is 3.05. The Kier molecular flexibility index (Phi) is 4.78. The average molecular weight is 299 g/mol. The van der Waals surface area contributed by atoms with Crippen LogP contribution >= 0.6 is 0 Å². The molecule has 1 unspecified atom stereocenters. The number of amides is 1. The van der Waals surface area contributed by atoms with Crippen molar-refractivity contribution in [2.75, 3.05) is 43.4 Å². The quantitative estimate of drug-likeness (QED) is 0.872. The molecule has 4 heteroatoms. The first-order valence-electron chi connectivity index (χ1n) is 8.22. The second-order valence-electron chi connectivity index (χ2n) is 6.31. The average Bonchev–Trinajstić information content (AvgIpc) is 2.57. The summed E-state index contributed by atoms with van der Waals surface area (Å²) in [4.78, 5) is 17.0. The van der Waals surface area contributed by atoms with E-state index in [1.807, 2.05) is 12.1 Å². The van der Waals surface area contributed by atoms with Crippen molar-refractivity contribution < 1.29 is 4.79 Å². The lowest BCUT2D eigenvalue weighted by atomic mass is 9.93. The summed E-state index contributed by atoms with van der Waals surface area (Å²) >= 11 is 0. The Morgan fingerprint density at radius 1 is 1.09 bits per heavy atom. The van der Waals surface area contributed by atoms with Crippen LogP contribution in [0.4, 0.5) is 11.4 Å². The Bertz CT molecular complexity index is 530. The van der Waals surface area contributed by atoms with Gasteiger partial charge in [0.05, 0.1) is 0 Å². The largest absolute Gasteiger partial charge is 0.369 e. The molecular weight excluding hydrogens is 274 g/mol. The van der Waals surface area contributed by atoms with Gasteiger partial charge in [0.1, 0.15) is 0 Å². The molecule has 2 aliphatic rings. The number of carbonyl (C=O) groups is 1. The number of piperazine rings is 1. The van der Waals surface area contributed by atoms with Gasteiger partial charge in [-0.2, -0.15) is 0 Å². The Morgan fingerprint density at radius 2 is 1.82 bits per heavy atom. The molecule has 0 aromatic heterocycles. The minimum Gasteiger partial charge on any atom is -0.369 e. The second kappa shape index (κ2) is 6.97. The third kappa shape index (κ3) is 3.69. The van der Waals surface area contributed by atoms with E-state index in [0.717, 1.165) is 51.1 Å². The van der Waals surface area contributed by atoms with Gasteiger partial charge in [0.2, 0.25) is 5.91 Å². The standard InChI is InChI=1S/C18H25N3O/c1-20-11-13-21(14-12-20)17-9-7-16(8-10-17)19-18(22)15-5-3-2-4-6-15/h2-3,7-10,15H,4-6,11-14H2,1H3,(H,19,22). The lowest BCUT2D eigenvalue weighted by Gasteiger charge is -2.34. The van der Waals surface area contributed by atoms with Crippen LogP contribution < -0.4 is 10.2 Å². The van der Waals surface area contributed by atoms with Crippen molar-refractivity contribution in [2.45, 2.75) is 19.3 Å². The van der Waals surface area contributed by atoms with Gasteiger partial charge in [-0.3, -0.25) is 4.79 Å². The summed E-state index contributed by atoms with van der Waals surface area (Å²) in [6.07, 6.45) is 7.12. The number of allylic oxidation sites excluding steroid dienone is 2. The summed E-state index contributed by atoms with van der Waals surface area (Å²) in [6, 6.07) is 8.26. The first kappa shape index (κ1) is 15.1. The smallest absolute Gasteiger partial charge is 0.227 e. The van der Waals surface area contributed by atoms with E-state index in [1.165, 1.54) is 5.69 Å². The zero-order chi connectivity index (χ0) is 15.4. The highest BCUT2D eigenvalue weighted by Crippen LogP contribution is 2.22. The number of likely N-dealkylation sites (N-methyl/N-ethyl adjacent to an activating group) is 1. The maximum absolute atomic E-state index is 12.2. The topological polar surface area (TPSA) is 35.6 Å². The van der Waals surface area contributed by atoms with Crippen LogP contribution in [0.15, 0.2) is 36.4 Å². The minimum absolute atomic E-state index is 0.127. The van der Waals surface area contributed by atoms with E-state index in [2.05, 4.69) is 46.4 Å². The molecule has 1 saturated heterocycles. The van der Waals surface area contributed by atoms with Gasteiger partial charge in [0, 0.05) is 43.5 Å². The van der Waals surface area contributed by atoms with Gasteiger partial charge in [-0.15, -0.1) is 0 Å². The summed E-state index contributed by atoms with van der Waals surface area (Å²) < 4.78 is 0. The Morgan fingerprint density at radius 3 is 2.45 bits per heavy atom. The lowest BCUT2D eigenvalue weighted by Crippen LogP contribution is -2.44. The zero-order valence-corrected chi connectivity index (χ0v) is 13.3. The minimum atomic E-state index is 0.127. The highest BCUT2D eigenvalue weighted by Gasteiger charge is 2.19. The number of anilines is 2. The van der Waals surface area contributed by atoms with Crippen LogP contribution in [0.3, 0.4) is 0 Å². The molecule has 1 aromatic rings. The van der Waals surface area contributed by atoms with Crippen LogP contribution in [-0.4, -0.2) is 44.0 Å². The number of benzene rings is 1. The SMILES string of the molecule is CN1CCN(c2ccc(NC(=O)C3CC=CCC3)cc2)CC1. The number of hydrogen-bond acceptors (Lipinski definition) is 3. The van der Waals surface area contributed by atoms with E-state index in [9.17, 15) is 4.79 Å². The van der Waals surface area contributed by atoms with Crippen molar-refractivity contribution in [1.82, 2.24) is 4.90 Å². The first-order chi connectivity index (χ1) is 10.7. The molecule has 1 aliphatic heterocycles. The molecule has 1 heterocycles. The van der Waals surface area contributed by atoms with Crippen LogP contribution in [0.25, 0.3) is 0 Å². The third-order valence-corrected chi connectivity index (χ3v) is 4.64. The number of nitrogens with one attached hydrogen (secondary N) is 1. The van der Waals surface area contributed by atoms with E-state index in [-0.39, 0.29) is 11.8 Å². The molecule has 22 heavy (non-hydrogen) atoms. The maximum atomic E-state index is 12.2. The number of nitrogens with zero attached hydrogens (tertiary/aromatic N) is 2. The van der Waals surface area contributed by atoms with E-state index >= 15 is 0 Å². The van der Waals surface area contributed by atoms with E-state index < -0.39 is 0 Å². The van der Waals surface area contributed by atoms with Crippen LogP contribution in [0.5, 0.6) is 0 Å². The van der Waals surface area contributed by atoms with Crippen molar-refractivity contribution in [2.24, 2.45) is 5.92 Å². The van der Waals surface area contributed by atoms with Crippen molar-refractivity contribution in [3.8, 4) is 0 Å². The maximum Gasteiger partial charge on any atom is 0.227 e. The first-order valence-corrected chi connectivity index (χ1v) is 8.22. The zero-order valence-electron chi connectivity index (χ0n) is 13.3. The molecule has 1 aliphatic carbocycles. The van der Waals surface area contributed by atoms with Gasteiger partial charge in [-0.1, -0.05) is 12.2 Å². The van der Waals surface area contributed by atoms with Crippen molar-refractivity contribution in [3.05, 3.63) is 36.4 Å². The molecule has 0 saturated carbocycles. The highest BCUT2D eigenvalue weighted by molar-refractivity contribution is 5.92. The Balaban J connectivity index is 1.57. The number of hydrogen-bond donors (Lipinski definition) is 1. The number of carbonyl (C=O) groups excluding carboxylic acids is 1. The molecule has 4 nitrogen and oxygen atoms in total. The number of rotatable bonds is 3. The summed E-state index contributed by atoms with van der Waals surface area (Å²) in [5.41, 5.74) is 2.14. The monoisotopic (exact) mass is 299 g/mol.